The molecule has 2 heterocycles. The van der Waals surface area contributed by atoms with E-state index >= 15 is 0 Å². The predicted octanol–water partition coefficient (Wildman–Crippen LogP) is 1.51. The fourth-order valence-corrected chi connectivity index (χ4v) is 1.47. The fraction of sp³-hybridized carbons (Fsp3) is 0.200. The summed E-state index contributed by atoms with van der Waals surface area (Å²) in [7, 11) is 1.73. The first-order valence-electron chi connectivity index (χ1n) is 4.50. The second-order valence-electron chi connectivity index (χ2n) is 3.34. The second kappa shape index (κ2) is 3.34. The number of aromatic nitrogens is 3. The van der Waals surface area contributed by atoms with Crippen LogP contribution in [-0.4, -0.2) is 14.8 Å². The summed E-state index contributed by atoms with van der Waals surface area (Å²) in [5.74, 6) is 0.153. The van der Waals surface area contributed by atoms with Gasteiger partial charge in [-0.3, -0.25) is 9.67 Å². The number of nitrogens with zero attached hydrogens (tertiary/aromatic N) is 3. The number of hydrogen-bond acceptors (Lipinski definition) is 3. The summed E-state index contributed by atoms with van der Waals surface area (Å²) in [6, 6.07) is 1.59. The summed E-state index contributed by atoms with van der Waals surface area (Å²) in [5.41, 5.74) is 7.52. The first-order valence-corrected chi connectivity index (χ1v) is 4.50. The molecular weight excluding hydrogens is 195 g/mol. The molecule has 0 aliphatic rings. The first kappa shape index (κ1) is 9.64. The molecule has 15 heavy (non-hydrogen) atoms. The second-order valence-corrected chi connectivity index (χ2v) is 3.34. The standard InChI is InChI=1S/C10H11FN4/c1-6-9(14-15(2)10(6)12)7-3-4-13-5-8(7)11/h3-5H,12H2,1-2H3. The molecule has 2 aromatic rings. The normalized spacial score (nSPS) is 10.6. The average molecular weight is 206 g/mol. The van der Waals surface area contributed by atoms with Crippen LogP contribution in [0.5, 0.6) is 0 Å². The number of pyridine rings is 1. The van der Waals surface area contributed by atoms with E-state index in [1.807, 2.05) is 6.92 Å². The molecule has 0 saturated heterocycles. The molecule has 4 nitrogen and oxygen atoms in total. The van der Waals surface area contributed by atoms with Crippen LogP contribution in [0.2, 0.25) is 0 Å². The number of rotatable bonds is 1. The monoisotopic (exact) mass is 206 g/mol. The van der Waals surface area contributed by atoms with Gasteiger partial charge in [0.2, 0.25) is 0 Å². The zero-order valence-corrected chi connectivity index (χ0v) is 8.53. The van der Waals surface area contributed by atoms with Crippen molar-refractivity contribution < 1.29 is 4.39 Å². The van der Waals surface area contributed by atoms with Gasteiger partial charge >= 0.3 is 0 Å². The van der Waals surface area contributed by atoms with Crippen molar-refractivity contribution >= 4 is 5.82 Å². The maximum absolute atomic E-state index is 13.4. The van der Waals surface area contributed by atoms with Crippen LogP contribution in [0.25, 0.3) is 11.3 Å². The van der Waals surface area contributed by atoms with Gasteiger partial charge < -0.3 is 5.73 Å². The molecule has 0 unspecified atom stereocenters. The Morgan fingerprint density at radius 3 is 2.73 bits per heavy atom. The van der Waals surface area contributed by atoms with Crippen molar-refractivity contribution in [1.29, 1.82) is 0 Å². The Morgan fingerprint density at radius 1 is 1.47 bits per heavy atom. The molecule has 0 atom stereocenters. The molecule has 2 aromatic heterocycles. The van der Waals surface area contributed by atoms with Crippen molar-refractivity contribution in [2.75, 3.05) is 5.73 Å². The Morgan fingerprint density at radius 2 is 2.20 bits per heavy atom. The summed E-state index contributed by atoms with van der Waals surface area (Å²) in [5, 5.41) is 4.16. The lowest BCUT2D eigenvalue weighted by molar-refractivity contribution is 0.623. The van der Waals surface area contributed by atoms with Gasteiger partial charge in [0.15, 0.2) is 5.82 Å². The van der Waals surface area contributed by atoms with Crippen molar-refractivity contribution in [3.05, 3.63) is 29.8 Å². The van der Waals surface area contributed by atoms with Crippen LogP contribution in [0.3, 0.4) is 0 Å². The Hall–Kier alpha value is -1.91. The quantitative estimate of drug-likeness (QED) is 0.769. The van der Waals surface area contributed by atoms with Crippen molar-refractivity contribution in [1.82, 2.24) is 14.8 Å². The van der Waals surface area contributed by atoms with Crippen LogP contribution in [0.15, 0.2) is 18.5 Å². The van der Waals surface area contributed by atoms with Gasteiger partial charge in [-0.25, -0.2) is 4.39 Å². The van der Waals surface area contributed by atoms with E-state index in [4.69, 9.17) is 5.73 Å². The molecule has 0 aromatic carbocycles. The van der Waals surface area contributed by atoms with Crippen LogP contribution in [-0.2, 0) is 7.05 Å². The van der Waals surface area contributed by atoms with E-state index < -0.39 is 5.82 Å². The largest absolute Gasteiger partial charge is 0.384 e. The molecule has 78 valence electrons. The highest BCUT2D eigenvalue weighted by molar-refractivity contribution is 5.67. The van der Waals surface area contributed by atoms with Crippen LogP contribution >= 0.6 is 0 Å². The highest BCUT2D eigenvalue weighted by atomic mass is 19.1. The zero-order chi connectivity index (χ0) is 11.0. The number of hydrogen-bond donors (Lipinski definition) is 1. The number of aryl methyl sites for hydroxylation is 1. The lowest BCUT2D eigenvalue weighted by Gasteiger charge is -1.98. The van der Waals surface area contributed by atoms with E-state index in [-0.39, 0.29) is 0 Å². The minimum absolute atomic E-state index is 0.390. The molecule has 0 amide bonds. The Bertz CT molecular complexity index is 504. The summed E-state index contributed by atoms with van der Waals surface area (Å²) in [4.78, 5) is 3.69. The van der Waals surface area contributed by atoms with Gasteiger partial charge in [0, 0.05) is 24.4 Å². The SMILES string of the molecule is Cc1c(-c2ccncc2F)nn(C)c1N. The van der Waals surface area contributed by atoms with E-state index in [1.165, 1.54) is 17.1 Å². The predicted molar refractivity (Wildman–Crippen MR) is 55.5 cm³/mol. The number of nitrogens with two attached hydrogens (primary N) is 1. The minimum atomic E-state index is -0.390. The average Bonchev–Trinajstić information content (AvgIpc) is 2.47. The van der Waals surface area contributed by atoms with Crippen molar-refractivity contribution in [3.8, 4) is 11.3 Å². The van der Waals surface area contributed by atoms with Gasteiger partial charge in [0.05, 0.1) is 6.20 Å². The zero-order valence-electron chi connectivity index (χ0n) is 8.53. The van der Waals surface area contributed by atoms with Crippen LogP contribution < -0.4 is 5.73 Å². The summed E-state index contributed by atoms with van der Waals surface area (Å²) in [6.45, 7) is 1.82. The van der Waals surface area contributed by atoms with E-state index in [0.717, 1.165) is 5.56 Å². The van der Waals surface area contributed by atoms with Gasteiger partial charge in [-0.1, -0.05) is 0 Å². The maximum atomic E-state index is 13.4. The topological polar surface area (TPSA) is 56.7 Å². The first-order chi connectivity index (χ1) is 7.11. The van der Waals surface area contributed by atoms with E-state index in [1.54, 1.807) is 13.1 Å². The third-order valence-corrected chi connectivity index (χ3v) is 2.37. The number of anilines is 1. The summed E-state index contributed by atoms with van der Waals surface area (Å²) < 4.78 is 15.0. The smallest absolute Gasteiger partial charge is 0.150 e. The Balaban J connectivity index is 2.65. The van der Waals surface area contributed by atoms with Gasteiger partial charge in [0.1, 0.15) is 11.5 Å². The minimum Gasteiger partial charge on any atom is -0.384 e. The molecule has 0 fully saturated rings. The molecular formula is C10H11FN4. The van der Waals surface area contributed by atoms with E-state index in [0.29, 0.717) is 17.1 Å². The van der Waals surface area contributed by atoms with Gasteiger partial charge in [-0.05, 0) is 13.0 Å². The Kier molecular flexibility index (Phi) is 2.15. The Labute approximate surface area is 86.6 Å². The third kappa shape index (κ3) is 1.45. The van der Waals surface area contributed by atoms with Gasteiger partial charge in [0.25, 0.3) is 0 Å². The molecule has 0 radical (unpaired) electrons. The van der Waals surface area contributed by atoms with E-state index in [9.17, 15) is 4.39 Å². The molecule has 0 saturated carbocycles. The highest BCUT2D eigenvalue weighted by Crippen LogP contribution is 2.26. The molecule has 5 heteroatoms. The summed E-state index contributed by atoms with van der Waals surface area (Å²) in [6.07, 6.45) is 2.70. The van der Waals surface area contributed by atoms with Gasteiger partial charge in [-0.15, -0.1) is 0 Å². The lowest BCUT2D eigenvalue weighted by Crippen LogP contribution is -1.97. The summed E-state index contributed by atoms with van der Waals surface area (Å²) >= 11 is 0. The molecule has 2 N–H and O–H groups in total. The van der Waals surface area contributed by atoms with Crippen molar-refractivity contribution in [3.63, 3.8) is 0 Å². The molecule has 0 bridgehead atoms. The highest BCUT2D eigenvalue weighted by Gasteiger charge is 2.14. The van der Waals surface area contributed by atoms with Crippen LogP contribution in [0, 0.1) is 12.7 Å². The van der Waals surface area contributed by atoms with Gasteiger partial charge in [-0.2, -0.15) is 5.10 Å². The maximum Gasteiger partial charge on any atom is 0.150 e. The molecule has 0 aliphatic heterocycles. The van der Waals surface area contributed by atoms with Crippen LogP contribution in [0.1, 0.15) is 5.56 Å². The number of halogens is 1. The molecule has 0 spiro atoms. The fourth-order valence-electron chi connectivity index (χ4n) is 1.47. The third-order valence-electron chi connectivity index (χ3n) is 2.37. The number of nitrogen functional groups attached to an aromatic ring is 1. The van der Waals surface area contributed by atoms with E-state index in [2.05, 4.69) is 10.1 Å². The van der Waals surface area contributed by atoms with Crippen molar-refractivity contribution in [2.24, 2.45) is 7.05 Å². The van der Waals surface area contributed by atoms with Crippen LogP contribution in [0.4, 0.5) is 10.2 Å². The van der Waals surface area contributed by atoms with Crippen molar-refractivity contribution in [2.45, 2.75) is 6.92 Å². The lowest BCUT2D eigenvalue weighted by atomic mass is 10.1. The molecule has 0 aliphatic carbocycles. The molecule has 2 rings (SSSR count).